The number of aliphatic carboxylic acids is 1. The Hall–Kier alpha value is -3.36. The summed E-state index contributed by atoms with van der Waals surface area (Å²) < 4.78 is 39.2. The quantitative estimate of drug-likeness (QED) is 0.643. The van der Waals surface area contributed by atoms with Crippen LogP contribution in [-0.2, 0) is 11.2 Å². The number of alkyl halides is 2. The number of carbonyl (C=O) groups is 2. The van der Waals surface area contributed by atoms with Gasteiger partial charge in [0.25, 0.3) is 5.91 Å². The number of hydrogen-bond acceptors (Lipinski definition) is 5. The predicted molar refractivity (Wildman–Crippen MR) is 95.2 cm³/mol. The molecule has 0 aliphatic carbocycles. The van der Waals surface area contributed by atoms with Gasteiger partial charge in [-0.1, -0.05) is 12.1 Å². The fourth-order valence-corrected chi connectivity index (χ4v) is 2.33. The van der Waals surface area contributed by atoms with E-state index in [1.54, 1.807) is 24.3 Å². The highest BCUT2D eigenvalue weighted by molar-refractivity contribution is 5.94. The van der Waals surface area contributed by atoms with Crippen molar-refractivity contribution in [1.29, 1.82) is 0 Å². The fraction of sp³-hybridized carbons (Fsp3) is 0.263. The van der Waals surface area contributed by atoms with Crippen molar-refractivity contribution >= 4 is 11.9 Å². The molecule has 150 valence electrons. The first kappa shape index (κ1) is 20.9. The van der Waals surface area contributed by atoms with E-state index in [-0.39, 0.29) is 17.1 Å². The number of ether oxygens (including phenoxy) is 3. The van der Waals surface area contributed by atoms with Crippen LogP contribution in [0.15, 0.2) is 42.5 Å². The lowest BCUT2D eigenvalue weighted by Gasteiger charge is -2.12. The van der Waals surface area contributed by atoms with Crippen molar-refractivity contribution < 1.29 is 37.7 Å². The first-order valence-electron chi connectivity index (χ1n) is 8.23. The Morgan fingerprint density at radius 3 is 2.43 bits per heavy atom. The monoisotopic (exact) mass is 395 g/mol. The molecule has 9 heteroatoms. The minimum atomic E-state index is -3.03. The summed E-state index contributed by atoms with van der Waals surface area (Å²) in [6, 6.07) is 10.8. The molecule has 0 aromatic heterocycles. The SMILES string of the molecule is COc1ccc(C(=O)NCCc2ccc(OCC(=O)O)cc2)cc1OC(F)F. The van der Waals surface area contributed by atoms with Crippen LogP contribution in [0.4, 0.5) is 8.78 Å². The summed E-state index contributed by atoms with van der Waals surface area (Å²) in [5.41, 5.74) is 1.06. The maximum absolute atomic E-state index is 12.5. The van der Waals surface area contributed by atoms with Gasteiger partial charge in [-0.15, -0.1) is 0 Å². The van der Waals surface area contributed by atoms with Crippen LogP contribution in [0.25, 0.3) is 0 Å². The van der Waals surface area contributed by atoms with E-state index in [0.717, 1.165) is 5.56 Å². The second-order valence-corrected chi connectivity index (χ2v) is 5.58. The normalized spacial score (nSPS) is 10.4. The van der Waals surface area contributed by atoms with Crippen molar-refractivity contribution in [2.75, 3.05) is 20.3 Å². The standard InChI is InChI=1S/C19H19F2NO6/c1-26-15-7-4-13(10-16(15)28-19(20)21)18(25)22-9-8-12-2-5-14(6-3-12)27-11-17(23)24/h2-7,10,19H,8-9,11H2,1H3,(H,22,25)(H,23,24). The summed E-state index contributed by atoms with van der Waals surface area (Å²) in [5, 5.41) is 11.3. The molecule has 0 atom stereocenters. The van der Waals surface area contributed by atoms with Crippen LogP contribution in [0.1, 0.15) is 15.9 Å². The molecule has 0 saturated carbocycles. The number of methoxy groups -OCH3 is 1. The highest BCUT2D eigenvalue weighted by Crippen LogP contribution is 2.29. The number of carbonyl (C=O) groups excluding carboxylic acids is 1. The Bertz CT molecular complexity index is 811. The van der Waals surface area contributed by atoms with Crippen LogP contribution < -0.4 is 19.5 Å². The second kappa shape index (κ2) is 10.1. The average Bonchev–Trinajstić information content (AvgIpc) is 2.66. The van der Waals surface area contributed by atoms with Gasteiger partial charge in [-0.05, 0) is 42.3 Å². The maximum Gasteiger partial charge on any atom is 0.387 e. The lowest BCUT2D eigenvalue weighted by Crippen LogP contribution is -2.25. The van der Waals surface area contributed by atoms with E-state index in [9.17, 15) is 18.4 Å². The highest BCUT2D eigenvalue weighted by Gasteiger charge is 2.14. The van der Waals surface area contributed by atoms with Gasteiger partial charge < -0.3 is 24.6 Å². The molecule has 0 unspecified atom stereocenters. The van der Waals surface area contributed by atoms with Gasteiger partial charge in [-0.2, -0.15) is 8.78 Å². The Kier molecular flexibility index (Phi) is 7.55. The Morgan fingerprint density at radius 1 is 1.11 bits per heavy atom. The van der Waals surface area contributed by atoms with Crippen molar-refractivity contribution in [2.24, 2.45) is 0 Å². The molecule has 2 rings (SSSR count). The topological polar surface area (TPSA) is 94.1 Å². The van der Waals surface area contributed by atoms with Gasteiger partial charge in [0.15, 0.2) is 18.1 Å². The second-order valence-electron chi connectivity index (χ2n) is 5.58. The van der Waals surface area contributed by atoms with Crippen molar-refractivity contribution in [2.45, 2.75) is 13.0 Å². The Morgan fingerprint density at radius 2 is 1.82 bits per heavy atom. The smallest absolute Gasteiger partial charge is 0.387 e. The van der Waals surface area contributed by atoms with Gasteiger partial charge in [-0.3, -0.25) is 4.79 Å². The lowest BCUT2D eigenvalue weighted by atomic mass is 10.1. The number of rotatable bonds is 10. The molecule has 0 aliphatic heterocycles. The van der Waals surface area contributed by atoms with Crippen LogP contribution in [0.3, 0.4) is 0 Å². The van der Waals surface area contributed by atoms with Gasteiger partial charge in [0.1, 0.15) is 5.75 Å². The molecule has 0 bridgehead atoms. The highest BCUT2D eigenvalue weighted by atomic mass is 19.3. The van der Waals surface area contributed by atoms with Crippen molar-refractivity contribution in [1.82, 2.24) is 5.32 Å². The molecule has 0 heterocycles. The summed E-state index contributed by atoms with van der Waals surface area (Å²) in [7, 11) is 1.31. The van der Waals surface area contributed by atoms with E-state index in [0.29, 0.717) is 18.7 Å². The van der Waals surface area contributed by atoms with Crippen LogP contribution >= 0.6 is 0 Å². The van der Waals surface area contributed by atoms with Crippen LogP contribution in [0, 0.1) is 0 Å². The molecular weight excluding hydrogens is 376 g/mol. The third-order valence-electron chi connectivity index (χ3n) is 3.63. The largest absolute Gasteiger partial charge is 0.493 e. The summed E-state index contributed by atoms with van der Waals surface area (Å²) in [4.78, 5) is 22.7. The summed E-state index contributed by atoms with van der Waals surface area (Å²) in [5.74, 6) is -1.19. The van der Waals surface area contributed by atoms with Gasteiger partial charge >= 0.3 is 12.6 Å². The van der Waals surface area contributed by atoms with Crippen molar-refractivity contribution in [3.63, 3.8) is 0 Å². The Labute approximate surface area is 159 Å². The van der Waals surface area contributed by atoms with Crippen LogP contribution in [-0.4, -0.2) is 43.9 Å². The summed E-state index contributed by atoms with van der Waals surface area (Å²) in [6.07, 6.45) is 0.515. The zero-order valence-corrected chi connectivity index (χ0v) is 15.0. The van der Waals surface area contributed by atoms with Gasteiger partial charge in [-0.25, -0.2) is 4.79 Å². The number of benzene rings is 2. The Balaban J connectivity index is 1.89. The maximum atomic E-state index is 12.5. The molecular formula is C19H19F2NO6. The van der Waals surface area contributed by atoms with E-state index in [1.165, 1.54) is 25.3 Å². The first-order valence-corrected chi connectivity index (χ1v) is 8.23. The van der Waals surface area contributed by atoms with Gasteiger partial charge in [0, 0.05) is 12.1 Å². The van der Waals surface area contributed by atoms with E-state index in [1.807, 2.05) is 0 Å². The molecule has 28 heavy (non-hydrogen) atoms. The van der Waals surface area contributed by atoms with Crippen molar-refractivity contribution in [3.05, 3.63) is 53.6 Å². The summed E-state index contributed by atoms with van der Waals surface area (Å²) in [6.45, 7) is -3.14. The van der Waals surface area contributed by atoms with Gasteiger partial charge in [0.05, 0.1) is 7.11 Å². The molecule has 7 nitrogen and oxygen atoms in total. The first-order chi connectivity index (χ1) is 13.4. The molecule has 0 radical (unpaired) electrons. The van der Waals surface area contributed by atoms with E-state index >= 15 is 0 Å². The summed E-state index contributed by atoms with van der Waals surface area (Å²) >= 11 is 0. The number of halogens is 2. The third kappa shape index (κ3) is 6.42. The van der Waals surface area contributed by atoms with E-state index in [4.69, 9.17) is 14.6 Å². The minimum absolute atomic E-state index is 0.0991. The van der Waals surface area contributed by atoms with E-state index < -0.39 is 25.1 Å². The van der Waals surface area contributed by atoms with Gasteiger partial charge in [0.2, 0.25) is 0 Å². The van der Waals surface area contributed by atoms with Crippen LogP contribution in [0.2, 0.25) is 0 Å². The lowest BCUT2D eigenvalue weighted by molar-refractivity contribution is -0.139. The zero-order valence-electron chi connectivity index (χ0n) is 15.0. The number of carboxylic acid groups (broad SMARTS) is 1. The predicted octanol–water partition coefficient (Wildman–Crippen LogP) is 2.73. The molecule has 0 aliphatic rings. The minimum Gasteiger partial charge on any atom is -0.493 e. The third-order valence-corrected chi connectivity index (χ3v) is 3.63. The molecule has 2 aromatic carbocycles. The molecule has 0 saturated heterocycles. The number of hydrogen-bond donors (Lipinski definition) is 2. The van der Waals surface area contributed by atoms with Crippen LogP contribution in [0.5, 0.6) is 17.2 Å². The average molecular weight is 395 g/mol. The molecule has 2 aromatic rings. The molecule has 1 amide bonds. The molecule has 0 fully saturated rings. The number of amides is 1. The van der Waals surface area contributed by atoms with Crippen molar-refractivity contribution in [3.8, 4) is 17.2 Å². The zero-order chi connectivity index (χ0) is 20.5. The number of nitrogens with one attached hydrogen (secondary N) is 1. The number of carboxylic acids is 1. The fourth-order valence-electron chi connectivity index (χ4n) is 2.33. The molecule has 2 N–H and O–H groups in total. The van der Waals surface area contributed by atoms with E-state index in [2.05, 4.69) is 10.1 Å². The molecule has 0 spiro atoms.